The van der Waals surface area contributed by atoms with Crippen molar-refractivity contribution in [3.63, 3.8) is 0 Å². The predicted molar refractivity (Wildman–Crippen MR) is 110 cm³/mol. The highest BCUT2D eigenvalue weighted by Crippen LogP contribution is 2.32. The van der Waals surface area contributed by atoms with Gasteiger partial charge in [0.15, 0.2) is 16.7 Å². The van der Waals surface area contributed by atoms with Crippen LogP contribution in [-0.2, 0) is 4.79 Å². The van der Waals surface area contributed by atoms with Crippen molar-refractivity contribution in [1.82, 2.24) is 9.97 Å². The number of carbonyl (C=O) groups is 3. The minimum atomic E-state index is -0.404. The number of ketones is 2. The van der Waals surface area contributed by atoms with E-state index in [1.54, 1.807) is 42.5 Å². The number of benzene rings is 2. The quantitative estimate of drug-likeness (QED) is 0.383. The van der Waals surface area contributed by atoms with Crippen LogP contribution in [0.15, 0.2) is 53.8 Å². The summed E-state index contributed by atoms with van der Waals surface area (Å²) in [6.07, 6.45) is 1.29. The molecule has 1 aliphatic carbocycles. The average molecular weight is 415 g/mol. The van der Waals surface area contributed by atoms with Crippen LogP contribution in [0.2, 0.25) is 0 Å². The van der Waals surface area contributed by atoms with Crippen LogP contribution in [0.1, 0.15) is 37.4 Å². The van der Waals surface area contributed by atoms with Crippen molar-refractivity contribution in [3.8, 4) is 6.07 Å². The van der Waals surface area contributed by atoms with Gasteiger partial charge in [0.05, 0.1) is 23.2 Å². The van der Waals surface area contributed by atoms with Crippen LogP contribution in [0.25, 0.3) is 0 Å². The van der Waals surface area contributed by atoms with E-state index >= 15 is 0 Å². The summed E-state index contributed by atoms with van der Waals surface area (Å²) in [4.78, 5) is 46.1. The van der Waals surface area contributed by atoms with Gasteiger partial charge < -0.3 is 11.1 Å². The summed E-state index contributed by atoms with van der Waals surface area (Å²) in [7, 11) is 0. The monoisotopic (exact) mass is 415 g/mol. The molecule has 0 bridgehead atoms. The Bertz CT molecular complexity index is 1270. The molecule has 146 valence electrons. The Morgan fingerprint density at radius 2 is 1.77 bits per heavy atom. The van der Waals surface area contributed by atoms with Crippen LogP contribution in [-0.4, -0.2) is 33.2 Å². The second-order valence-corrected chi connectivity index (χ2v) is 7.27. The molecule has 1 amide bonds. The second-order valence-electron chi connectivity index (χ2n) is 6.33. The zero-order valence-corrected chi connectivity index (χ0v) is 16.2. The van der Waals surface area contributed by atoms with Crippen molar-refractivity contribution in [1.29, 1.82) is 5.26 Å². The van der Waals surface area contributed by atoms with Gasteiger partial charge in [-0.05, 0) is 6.07 Å². The molecule has 3 N–H and O–H groups in total. The molecule has 0 atom stereocenters. The summed E-state index contributed by atoms with van der Waals surface area (Å²) >= 11 is 1.03. The fraction of sp³-hybridized carbons (Fsp3) is 0.0476. The maximum Gasteiger partial charge on any atom is 0.234 e. The predicted octanol–water partition coefficient (Wildman–Crippen LogP) is 2.44. The molecular weight excluding hydrogens is 402 g/mol. The molecule has 0 aliphatic heterocycles. The first-order chi connectivity index (χ1) is 14.5. The molecule has 0 fully saturated rings. The normalized spacial score (nSPS) is 12.0. The average Bonchev–Trinajstić information content (AvgIpc) is 2.76. The molecule has 0 unspecified atom stereocenters. The molecule has 3 aromatic rings. The molecule has 4 rings (SSSR count). The summed E-state index contributed by atoms with van der Waals surface area (Å²) in [5.74, 6) is -0.985. The van der Waals surface area contributed by atoms with Gasteiger partial charge >= 0.3 is 0 Å². The number of nitrogen functional groups attached to an aromatic ring is 1. The number of thioether (sulfide) groups is 1. The van der Waals surface area contributed by atoms with Crippen molar-refractivity contribution < 1.29 is 14.4 Å². The standard InChI is InChI=1S/C21H13N5O3S/c22-8-11-9-24-21(26-20(11)23)30-10-16(27)25-15-7-3-6-14-17(15)19(29)13-5-2-1-4-12(13)18(14)28/h1-7,9H,10H2,(H,25,27)(H2,23,24,26). The van der Waals surface area contributed by atoms with Gasteiger partial charge in [0.1, 0.15) is 17.5 Å². The molecular formula is C21H13N5O3S. The van der Waals surface area contributed by atoms with E-state index in [2.05, 4.69) is 15.3 Å². The number of hydrogen-bond donors (Lipinski definition) is 2. The lowest BCUT2D eigenvalue weighted by Gasteiger charge is -2.20. The van der Waals surface area contributed by atoms with Gasteiger partial charge in [0.2, 0.25) is 5.91 Å². The highest BCUT2D eigenvalue weighted by Gasteiger charge is 2.31. The first-order valence-electron chi connectivity index (χ1n) is 8.76. The molecule has 1 aliphatic rings. The van der Waals surface area contributed by atoms with E-state index in [0.717, 1.165) is 11.8 Å². The number of nitrogens with one attached hydrogen (secondary N) is 1. The number of amides is 1. The minimum absolute atomic E-state index is 0.0373. The molecule has 0 saturated heterocycles. The maximum absolute atomic E-state index is 13.0. The number of rotatable bonds is 4. The third-order valence-corrected chi connectivity index (χ3v) is 5.34. The lowest BCUT2D eigenvalue weighted by Crippen LogP contribution is -2.24. The molecule has 0 spiro atoms. The second kappa shape index (κ2) is 7.77. The van der Waals surface area contributed by atoms with Gasteiger partial charge in [0.25, 0.3) is 0 Å². The van der Waals surface area contributed by atoms with Gasteiger partial charge in [-0.3, -0.25) is 14.4 Å². The SMILES string of the molecule is N#Cc1cnc(SCC(=O)Nc2cccc3c2C(=O)c2ccccc2C3=O)nc1N. The van der Waals surface area contributed by atoms with Crippen LogP contribution >= 0.6 is 11.8 Å². The maximum atomic E-state index is 13.0. The largest absolute Gasteiger partial charge is 0.382 e. The lowest BCUT2D eigenvalue weighted by atomic mass is 9.83. The van der Waals surface area contributed by atoms with Crippen LogP contribution in [0.5, 0.6) is 0 Å². The molecule has 2 aromatic carbocycles. The van der Waals surface area contributed by atoms with Crippen LogP contribution in [0.3, 0.4) is 0 Å². The summed E-state index contributed by atoms with van der Waals surface area (Å²) < 4.78 is 0. The van der Waals surface area contributed by atoms with Gasteiger partial charge in [-0.2, -0.15) is 5.26 Å². The third-order valence-electron chi connectivity index (χ3n) is 4.48. The van der Waals surface area contributed by atoms with Crippen LogP contribution in [0.4, 0.5) is 11.5 Å². The Kier molecular flexibility index (Phi) is 5.00. The molecule has 0 saturated carbocycles. The number of aromatic nitrogens is 2. The summed E-state index contributed by atoms with van der Waals surface area (Å²) in [6, 6.07) is 13.2. The molecule has 0 radical (unpaired) electrons. The summed E-state index contributed by atoms with van der Waals surface area (Å²) in [6.45, 7) is 0. The fourth-order valence-corrected chi connectivity index (χ4v) is 3.72. The molecule has 30 heavy (non-hydrogen) atoms. The van der Waals surface area contributed by atoms with Crippen molar-refractivity contribution in [2.24, 2.45) is 0 Å². The van der Waals surface area contributed by atoms with Gasteiger partial charge in [-0.15, -0.1) is 0 Å². The van der Waals surface area contributed by atoms with E-state index in [-0.39, 0.29) is 50.7 Å². The zero-order valence-electron chi connectivity index (χ0n) is 15.4. The summed E-state index contributed by atoms with van der Waals surface area (Å²) in [5, 5.41) is 11.8. The number of nitrogens with zero attached hydrogens (tertiary/aromatic N) is 3. The van der Waals surface area contributed by atoms with E-state index in [4.69, 9.17) is 11.0 Å². The third kappa shape index (κ3) is 3.40. The summed E-state index contributed by atoms with van der Waals surface area (Å²) in [5.41, 5.74) is 7.17. The number of hydrogen-bond acceptors (Lipinski definition) is 8. The number of nitriles is 1. The van der Waals surface area contributed by atoms with Crippen molar-refractivity contribution in [2.75, 3.05) is 16.8 Å². The van der Waals surface area contributed by atoms with E-state index in [9.17, 15) is 14.4 Å². The van der Waals surface area contributed by atoms with Crippen molar-refractivity contribution in [3.05, 3.63) is 76.5 Å². The number of fused-ring (bicyclic) bond motifs is 2. The Morgan fingerprint density at radius 1 is 1.07 bits per heavy atom. The van der Waals surface area contributed by atoms with E-state index in [1.165, 1.54) is 6.20 Å². The van der Waals surface area contributed by atoms with Gasteiger partial charge in [-0.25, -0.2) is 9.97 Å². The van der Waals surface area contributed by atoms with E-state index < -0.39 is 5.91 Å². The van der Waals surface area contributed by atoms with Gasteiger partial charge in [0, 0.05) is 16.7 Å². The molecule has 8 nitrogen and oxygen atoms in total. The van der Waals surface area contributed by atoms with Crippen molar-refractivity contribution in [2.45, 2.75) is 5.16 Å². The lowest BCUT2D eigenvalue weighted by molar-refractivity contribution is -0.113. The first kappa shape index (κ1) is 19.3. The number of nitrogens with two attached hydrogens (primary N) is 1. The zero-order chi connectivity index (χ0) is 21.3. The first-order valence-corrected chi connectivity index (χ1v) is 9.75. The Hall–Kier alpha value is -4.03. The highest BCUT2D eigenvalue weighted by molar-refractivity contribution is 7.99. The van der Waals surface area contributed by atoms with Crippen LogP contribution < -0.4 is 11.1 Å². The fourth-order valence-electron chi connectivity index (χ4n) is 3.10. The number of anilines is 2. The Balaban J connectivity index is 1.54. The molecule has 1 aromatic heterocycles. The molecule has 9 heteroatoms. The smallest absolute Gasteiger partial charge is 0.234 e. The highest BCUT2D eigenvalue weighted by atomic mass is 32.2. The topological polar surface area (TPSA) is 139 Å². The van der Waals surface area contributed by atoms with E-state index in [0.29, 0.717) is 11.1 Å². The number of carbonyl (C=O) groups excluding carboxylic acids is 3. The van der Waals surface area contributed by atoms with E-state index in [1.807, 2.05) is 6.07 Å². The minimum Gasteiger partial charge on any atom is -0.382 e. The Labute approximate surface area is 175 Å². The molecule has 1 heterocycles. The van der Waals surface area contributed by atoms with Crippen molar-refractivity contribution >= 4 is 40.7 Å². The van der Waals surface area contributed by atoms with Crippen LogP contribution in [0, 0.1) is 11.3 Å². The van der Waals surface area contributed by atoms with Gasteiger partial charge in [-0.1, -0.05) is 48.2 Å². The Morgan fingerprint density at radius 3 is 2.47 bits per heavy atom.